The molecule has 0 radical (unpaired) electrons. The molecule has 4 heteroatoms. The summed E-state index contributed by atoms with van der Waals surface area (Å²) in [6.45, 7) is 4.70. The molecule has 0 spiro atoms. The summed E-state index contributed by atoms with van der Waals surface area (Å²) in [6.07, 6.45) is 1.75. The van der Waals surface area contributed by atoms with Gasteiger partial charge in [-0.15, -0.1) is 0 Å². The van der Waals surface area contributed by atoms with Crippen LogP contribution in [0.3, 0.4) is 0 Å². The van der Waals surface area contributed by atoms with Gasteiger partial charge in [0.2, 0.25) is 0 Å². The van der Waals surface area contributed by atoms with E-state index in [1.165, 1.54) is 21.2 Å². The predicted octanol–water partition coefficient (Wildman–Crippen LogP) is 3.70. The predicted molar refractivity (Wildman–Crippen MR) is 85.5 cm³/mol. The van der Waals surface area contributed by atoms with Gasteiger partial charge in [0.1, 0.15) is 5.76 Å². The van der Waals surface area contributed by atoms with Crippen molar-refractivity contribution in [2.45, 2.75) is 26.6 Å². The van der Waals surface area contributed by atoms with Crippen molar-refractivity contribution in [1.29, 1.82) is 0 Å². The second-order valence-corrected chi connectivity index (χ2v) is 5.98. The standard InChI is InChI=1S/C16H21BrN2O/c1-12-14(6-7-20-12)10-19(3)11-15-5-4-13(9-18-2)8-16(15)17/h4-8,18H,9-11H2,1-3H3. The Bertz CT molecular complexity index is 565. The Hall–Kier alpha value is -1.10. The van der Waals surface area contributed by atoms with Crippen LogP contribution in [0.4, 0.5) is 0 Å². The van der Waals surface area contributed by atoms with Gasteiger partial charge in [-0.1, -0.05) is 28.1 Å². The van der Waals surface area contributed by atoms with E-state index in [0.29, 0.717) is 0 Å². The molecule has 0 fully saturated rings. The molecule has 0 bridgehead atoms. The molecular weight excluding hydrogens is 316 g/mol. The first kappa shape index (κ1) is 15.3. The minimum atomic E-state index is 0.892. The summed E-state index contributed by atoms with van der Waals surface area (Å²) < 4.78 is 6.51. The molecule has 2 rings (SSSR count). The largest absolute Gasteiger partial charge is 0.469 e. The zero-order valence-corrected chi connectivity index (χ0v) is 13.8. The number of hydrogen-bond acceptors (Lipinski definition) is 3. The van der Waals surface area contributed by atoms with Crippen molar-refractivity contribution < 1.29 is 4.42 Å². The van der Waals surface area contributed by atoms with Crippen molar-refractivity contribution in [2.24, 2.45) is 0 Å². The molecule has 0 atom stereocenters. The monoisotopic (exact) mass is 336 g/mol. The number of nitrogens with zero attached hydrogens (tertiary/aromatic N) is 1. The highest BCUT2D eigenvalue weighted by atomic mass is 79.9. The molecule has 2 aromatic rings. The minimum Gasteiger partial charge on any atom is -0.469 e. The Kier molecular flexibility index (Phi) is 5.40. The molecule has 0 aliphatic rings. The van der Waals surface area contributed by atoms with E-state index in [2.05, 4.69) is 51.4 Å². The van der Waals surface area contributed by atoms with E-state index >= 15 is 0 Å². The number of halogens is 1. The molecular formula is C16H21BrN2O. The highest BCUT2D eigenvalue weighted by Gasteiger charge is 2.08. The van der Waals surface area contributed by atoms with Gasteiger partial charge in [0, 0.05) is 29.7 Å². The number of aryl methyl sites for hydroxylation is 1. The molecule has 0 aliphatic heterocycles. The van der Waals surface area contributed by atoms with E-state index in [1.807, 2.05) is 20.0 Å². The maximum absolute atomic E-state index is 5.34. The van der Waals surface area contributed by atoms with Crippen LogP contribution in [-0.4, -0.2) is 19.0 Å². The number of benzene rings is 1. The third-order valence-electron chi connectivity index (χ3n) is 3.35. The normalized spacial score (nSPS) is 11.2. The Balaban J connectivity index is 2.00. The lowest BCUT2D eigenvalue weighted by Gasteiger charge is -2.17. The second kappa shape index (κ2) is 7.07. The maximum atomic E-state index is 5.34. The van der Waals surface area contributed by atoms with Gasteiger partial charge in [-0.2, -0.15) is 0 Å². The summed E-state index contributed by atoms with van der Waals surface area (Å²) >= 11 is 3.67. The summed E-state index contributed by atoms with van der Waals surface area (Å²) in [5, 5.41) is 3.17. The fourth-order valence-corrected chi connectivity index (χ4v) is 2.80. The Morgan fingerprint density at radius 1 is 1.20 bits per heavy atom. The molecule has 0 amide bonds. The smallest absolute Gasteiger partial charge is 0.105 e. The first-order valence-corrected chi connectivity index (χ1v) is 7.53. The molecule has 0 unspecified atom stereocenters. The van der Waals surface area contributed by atoms with E-state index in [-0.39, 0.29) is 0 Å². The van der Waals surface area contributed by atoms with E-state index in [1.54, 1.807) is 6.26 Å². The van der Waals surface area contributed by atoms with Gasteiger partial charge >= 0.3 is 0 Å². The number of furan rings is 1. The molecule has 0 aliphatic carbocycles. The summed E-state index contributed by atoms with van der Waals surface area (Å²) in [4.78, 5) is 2.29. The van der Waals surface area contributed by atoms with Crippen molar-refractivity contribution in [2.75, 3.05) is 14.1 Å². The fraction of sp³-hybridized carbons (Fsp3) is 0.375. The third-order valence-corrected chi connectivity index (χ3v) is 4.08. The van der Waals surface area contributed by atoms with Gasteiger partial charge in [0.25, 0.3) is 0 Å². The van der Waals surface area contributed by atoms with Gasteiger partial charge < -0.3 is 9.73 Å². The SMILES string of the molecule is CNCc1ccc(CN(C)Cc2ccoc2C)c(Br)c1. The van der Waals surface area contributed by atoms with Gasteiger partial charge in [-0.05, 0) is 44.3 Å². The Labute approximate surface area is 129 Å². The van der Waals surface area contributed by atoms with Crippen LogP contribution in [0.5, 0.6) is 0 Å². The van der Waals surface area contributed by atoms with Crippen molar-refractivity contribution >= 4 is 15.9 Å². The Morgan fingerprint density at radius 2 is 1.95 bits per heavy atom. The van der Waals surface area contributed by atoms with E-state index in [0.717, 1.165) is 25.4 Å². The van der Waals surface area contributed by atoms with Crippen LogP contribution in [0.1, 0.15) is 22.5 Å². The Morgan fingerprint density at radius 3 is 2.55 bits per heavy atom. The quantitative estimate of drug-likeness (QED) is 0.871. The molecule has 1 aromatic carbocycles. The van der Waals surface area contributed by atoms with Gasteiger partial charge in [0.05, 0.1) is 6.26 Å². The average molecular weight is 337 g/mol. The number of nitrogens with one attached hydrogen (secondary N) is 1. The molecule has 20 heavy (non-hydrogen) atoms. The topological polar surface area (TPSA) is 28.4 Å². The van der Waals surface area contributed by atoms with Crippen LogP contribution in [0.25, 0.3) is 0 Å². The molecule has 1 heterocycles. The number of hydrogen-bond donors (Lipinski definition) is 1. The second-order valence-electron chi connectivity index (χ2n) is 5.13. The minimum absolute atomic E-state index is 0.892. The van der Waals surface area contributed by atoms with Crippen molar-refractivity contribution in [3.63, 3.8) is 0 Å². The maximum Gasteiger partial charge on any atom is 0.105 e. The summed E-state index contributed by atoms with van der Waals surface area (Å²) in [6, 6.07) is 8.59. The van der Waals surface area contributed by atoms with E-state index in [4.69, 9.17) is 4.42 Å². The fourth-order valence-electron chi connectivity index (χ4n) is 2.25. The summed E-state index contributed by atoms with van der Waals surface area (Å²) in [5.41, 5.74) is 3.83. The van der Waals surface area contributed by atoms with E-state index < -0.39 is 0 Å². The van der Waals surface area contributed by atoms with Crippen LogP contribution >= 0.6 is 15.9 Å². The van der Waals surface area contributed by atoms with Gasteiger partial charge in [0.15, 0.2) is 0 Å². The summed E-state index contributed by atoms with van der Waals surface area (Å²) in [7, 11) is 4.09. The van der Waals surface area contributed by atoms with Crippen LogP contribution in [0.2, 0.25) is 0 Å². The average Bonchev–Trinajstić information content (AvgIpc) is 2.79. The lowest BCUT2D eigenvalue weighted by atomic mass is 10.1. The molecule has 1 N–H and O–H groups in total. The van der Waals surface area contributed by atoms with Crippen molar-refractivity contribution in [1.82, 2.24) is 10.2 Å². The highest BCUT2D eigenvalue weighted by Crippen LogP contribution is 2.21. The molecule has 0 saturated heterocycles. The lowest BCUT2D eigenvalue weighted by molar-refractivity contribution is 0.316. The summed E-state index contributed by atoms with van der Waals surface area (Å²) in [5.74, 6) is 1.00. The van der Waals surface area contributed by atoms with Crippen LogP contribution in [0.15, 0.2) is 39.4 Å². The number of rotatable bonds is 6. The third kappa shape index (κ3) is 3.95. The van der Waals surface area contributed by atoms with Gasteiger partial charge in [-0.3, -0.25) is 4.90 Å². The highest BCUT2D eigenvalue weighted by molar-refractivity contribution is 9.10. The van der Waals surface area contributed by atoms with Crippen molar-refractivity contribution in [3.05, 3.63) is 57.5 Å². The lowest BCUT2D eigenvalue weighted by Crippen LogP contribution is -2.17. The zero-order chi connectivity index (χ0) is 14.5. The molecule has 1 aromatic heterocycles. The van der Waals surface area contributed by atoms with Crippen molar-refractivity contribution in [3.8, 4) is 0 Å². The van der Waals surface area contributed by atoms with Gasteiger partial charge in [-0.25, -0.2) is 0 Å². The molecule has 108 valence electrons. The van der Waals surface area contributed by atoms with Crippen LogP contribution in [-0.2, 0) is 19.6 Å². The molecule has 3 nitrogen and oxygen atoms in total. The van der Waals surface area contributed by atoms with E-state index in [9.17, 15) is 0 Å². The zero-order valence-electron chi connectivity index (χ0n) is 12.2. The first-order valence-electron chi connectivity index (χ1n) is 6.73. The molecule has 0 saturated carbocycles. The van der Waals surface area contributed by atoms with Crippen LogP contribution < -0.4 is 5.32 Å². The first-order chi connectivity index (χ1) is 9.60. The van der Waals surface area contributed by atoms with Crippen LogP contribution in [0, 0.1) is 6.92 Å².